The van der Waals surface area contributed by atoms with Gasteiger partial charge in [-0.15, -0.1) is 13.2 Å². The van der Waals surface area contributed by atoms with Crippen LogP contribution in [-0.4, -0.2) is 33.6 Å². The molecular formula is C19H16F3N3O3. The minimum absolute atomic E-state index is 0.0948. The highest BCUT2D eigenvalue weighted by atomic mass is 19.4. The number of pyridine rings is 1. The Balaban J connectivity index is 1.79. The van der Waals surface area contributed by atoms with Gasteiger partial charge in [0.2, 0.25) is 0 Å². The first-order valence-electron chi connectivity index (χ1n) is 8.22. The molecule has 0 aliphatic heterocycles. The zero-order valence-electron chi connectivity index (χ0n) is 15.0. The smallest absolute Gasteiger partial charge is 0.406 e. The Labute approximate surface area is 157 Å². The second kappa shape index (κ2) is 7.34. The van der Waals surface area contributed by atoms with Gasteiger partial charge in [-0.1, -0.05) is 18.2 Å². The number of alkyl halides is 3. The summed E-state index contributed by atoms with van der Waals surface area (Å²) in [6, 6.07) is 8.65. The first kappa shape index (κ1) is 19.4. The molecule has 1 amide bonds. The maximum atomic E-state index is 12.7. The van der Waals surface area contributed by atoms with Crippen molar-refractivity contribution >= 4 is 11.6 Å². The molecule has 0 radical (unpaired) electrons. The number of rotatable bonds is 4. The van der Waals surface area contributed by atoms with Crippen molar-refractivity contribution in [2.75, 3.05) is 7.05 Å². The number of hydrogen-bond acceptors (Lipinski definition) is 4. The Kier molecular flexibility index (Phi) is 5.08. The van der Waals surface area contributed by atoms with Crippen LogP contribution in [0.5, 0.6) is 5.75 Å². The highest BCUT2D eigenvalue weighted by Gasteiger charge is 2.31. The van der Waals surface area contributed by atoms with Gasteiger partial charge in [0.25, 0.3) is 11.5 Å². The van der Waals surface area contributed by atoms with E-state index in [1.54, 1.807) is 12.3 Å². The maximum absolute atomic E-state index is 12.7. The molecule has 0 N–H and O–H groups in total. The average molecular weight is 391 g/mol. The van der Waals surface area contributed by atoms with Crippen molar-refractivity contribution in [3.63, 3.8) is 0 Å². The molecule has 0 saturated heterocycles. The highest BCUT2D eigenvalue weighted by Crippen LogP contribution is 2.23. The van der Waals surface area contributed by atoms with Gasteiger partial charge in [0.1, 0.15) is 17.0 Å². The topological polar surface area (TPSA) is 63.9 Å². The van der Waals surface area contributed by atoms with E-state index in [1.165, 1.54) is 34.7 Å². The summed E-state index contributed by atoms with van der Waals surface area (Å²) in [6.07, 6.45) is -1.94. The van der Waals surface area contributed by atoms with Crippen molar-refractivity contribution in [1.82, 2.24) is 14.3 Å². The Morgan fingerprint density at radius 3 is 2.50 bits per heavy atom. The first-order valence-corrected chi connectivity index (χ1v) is 8.22. The largest absolute Gasteiger partial charge is 0.573 e. The number of amides is 1. The van der Waals surface area contributed by atoms with Crippen LogP contribution in [0.3, 0.4) is 0 Å². The molecule has 28 heavy (non-hydrogen) atoms. The van der Waals surface area contributed by atoms with E-state index >= 15 is 0 Å². The van der Waals surface area contributed by atoms with Gasteiger partial charge in [0.05, 0.1) is 0 Å². The van der Waals surface area contributed by atoms with Gasteiger partial charge in [0.15, 0.2) is 0 Å². The molecule has 0 aliphatic rings. The third-order valence-electron chi connectivity index (χ3n) is 4.00. The fourth-order valence-corrected chi connectivity index (χ4v) is 2.68. The third-order valence-corrected chi connectivity index (χ3v) is 4.00. The SMILES string of the molecule is Cc1ccc2ncc(C(=O)N(C)Cc3ccc(OC(F)(F)F)cc3)c(=O)n2c1. The van der Waals surface area contributed by atoms with Crippen molar-refractivity contribution in [1.29, 1.82) is 0 Å². The maximum Gasteiger partial charge on any atom is 0.573 e. The number of nitrogens with zero attached hydrogens (tertiary/aromatic N) is 3. The van der Waals surface area contributed by atoms with Crippen LogP contribution >= 0.6 is 0 Å². The molecule has 0 fully saturated rings. The third kappa shape index (κ3) is 4.30. The normalized spacial score (nSPS) is 11.5. The van der Waals surface area contributed by atoms with E-state index in [-0.39, 0.29) is 17.9 Å². The minimum atomic E-state index is -4.77. The molecule has 3 rings (SSSR count). The lowest BCUT2D eigenvalue weighted by atomic mass is 10.2. The number of aromatic nitrogens is 2. The van der Waals surface area contributed by atoms with Crippen LogP contribution in [0.2, 0.25) is 0 Å². The number of halogens is 3. The lowest BCUT2D eigenvalue weighted by Crippen LogP contribution is -2.33. The van der Waals surface area contributed by atoms with E-state index in [2.05, 4.69) is 9.72 Å². The Hall–Kier alpha value is -3.36. The molecule has 6 nitrogen and oxygen atoms in total. The minimum Gasteiger partial charge on any atom is -0.406 e. The second-order valence-corrected chi connectivity index (χ2v) is 6.26. The molecule has 3 aromatic rings. The molecule has 146 valence electrons. The summed E-state index contributed by atoms with van der Waals surface area (Å²) in [5, 5.41) is 0. The number of ether oxygens (including phenoxy) is 1. The fraction of sp³-hybridized carbons (Fsp3) is 0.211. The van der Waals surface area contributed by atoms with E-state index < -0.39 is 17.8 Å². The fourth-order valence-electron chi connectivity index (χ4n) is 2.68. The van der Waals surface area contributed by atoms with Crippen LogP contribution < -0.4 is 10.3 Å². The first-order chi connectivity index (χ1) is 13.1. The quantitative estimate of drug-likeness (QED) is 0.685. The van der Waals surface area contributed by atoms with Crippen molar-refractivity contribution < 1.29 is 22.7 Å². The number of fused-ring (bicyclic) bond motifs is 1. The van der Waals surface area contributed by atoms with Gasteiger partial charge in [-0.3, -0.25) is 14.0 Å². The van der Waals surface area contributed by atoms with Gasteiger partial charge in [-0.05, 0) is 36.2 Å². The molecule has 0 bridgehead atoms. The number of hydrogen-bond donors (Lipinski definition) is 0. The summed E-state index contributed by atoms with van der Waals surface area (Å²) in [6.45, 7) is 1.92. The van der Waals surface area contributed by atoms with Crippen LogP contribution in [0.25, 0.3) is 5.65 Å². The second-order valence-electron chi connectivity index (χ2n) is 6.26. The van der Waals surface area contributed by atoms with Gasteiger partial charge in [0, 0.05) is 26.0 Å². The predicted octanol–water partition coefficient (Wildman–Crippen LogP) is 3.17. The van der Waals surface area contributed by atoms with Crippen molar-refractivity contribution in [3.8, 4) is 5.75 Å². The van der Waals surface area contributed by atoms with E-state index in [0.717, 1.165) is 17.7 Å². The van der Waals surface area contributed by atoms with Crippen LogP contribution in [0.15, 0.2) is 53.6 Å². The van der Waals surface area contributed by atoms with Crippen LogP contribution in [0.1, 0.15) is 21.5 Å². The van der Waals surface area contributed by atoms with E-state index in [0.29, 0.717) is 11.2 Å². The Morgan fingerprint density at radius 2 is 1.86 bits per heavy atom. The monoisotopic (exact) mass is 391 g/mol. The number of aryl methyl sites for hydroxylation is 1. The Morgan fingerprint density at radius 1 is 1.18 bits per heavy atom. The lowest BCUT2D eigenvalue weighted by molar-refractivity contribution is -0.274. The van der Waals surface area contributed by atoms with Crippen molar-refractivity contribution in [2.45, 2.75) is 19.8 Å². The average Bonchev–Trinajstić information content (AvgIpc) is 2.62. The molecule has 0 saturated carbocycles. The molecule has 0 spiro atoms. The lowest BCUT2D eigenvalue weighted by Gasteiger charge is -2.17. The zero-order chi connectivity index (χ0) is 20.5. The van der Waals surface area contributed by atoms with E-state index in [1.807, 2.05) is 13.0 Å². The van der Waals surface area contributed by atoms with Crippen molar-refractivity contribution in [2.24, 2.45) is 0 Å². The zero-order valence-corrected chi connectivity index (χ0v) is 15.0. The molecule has 0 aliphatic carbocycles. The molecule has 0 atom stereocenters. The molecule has 2 heterocycles. The molecule has 0 unspecified atom stereocenters. The van der Waals surface area contributed by atoms with Gasteiger partial charge in [-0.2, -0.15) is 0 Å². The summed E-state index contributed by atoms with van der Waals surface area (Å²) < 4.78 is 41.7. The van der Waals surface area contributed by atoms with E-state index in [9.17, 15) is 22.8 Å². The molecular weight excluding hydrogens is 375 g/mol. The molecule has 9 heteroatoms. The van der Waals surface area contributed by atoms with Gasteiger partial charge in [-0.25, -0.2) is 4.98 Å². The Bertz CT molecular complexity index is 1080. The van der Waals surface area contributed by atoms with Gasteiger partial charge >= 0.3 is 6.36 Å². The van der Waals surface area contributed by atoms with Gasteiger partial charge < -0.3 is 9.64 Å². The van der Waals surface area contributed by atoms with Crippen molar-refractivity contribution in [3.05, 3.63) is 75.8 Å². The number of benzene rings is 1. The number of carbonyl (C=O) groups is 1. The summed E-state index contributed by atoms with van der Waals surface area (Å²) in [5.41, 5.74) is 1.27. The van der Waals surface area contributed by atoms with Crippen LogP contribution in [-0.2, 0) is 6.54 Å². The summed E-state index contributed by atoms with van der Waals surface area (Å²) in [4.78, 5) is 30.7. The standard InChI is InChI=1S/C19H16F3N3O3/c1-12-3-8-16-23-9-15(18(27)25(16)10-12)17(26)24(2)11-13-4-6-14(7-5-13)28-19(20,21)22/h3-10H,11H2,1-2H3. The highest BCUT2D eigenvalue weighted by molar-refractivity contribution is 5.93. The van der Waals surface area contributed by atoms with Crippen LogP contribution in [0, 0.1) is 6.92 Å². The van der Waals surface area contributed by atoms with E-state index in [4.69, 9.17) is 0 Å². The predicted molar refractivity (Wildman–Crippen MR) is 95.1 cm³/mol. The summed E-state index contributed by atoms with van der Waals surface area (Å²) in [7, 11) is 1.49. The summed E-state index contributed by atoms with van der Waals surface area (Å²) >= 11 is 0. The summed E-state index contributed by atoms with van der Waals surface area (Å²) in [5.74, 6) is -0.887. The van der Waals surface area contributed by atoms with Crippen LogP contribution in [0.4, 0.5) is 13.2 Å². The molecule has 2 aromatic heterocycles. The number of carbonyl (C=O) groups excluding carboxylic acids is 1. The molecule has 1 aromatic carbocycles.